The smallest absolute Gasteiger partial charge is 0.129 e. The third-order valence-electron chi connectivity index (χ3n) is 4.89. The van der Waals surface area contributed by atoms with Crippen molar-refractivity contribution in [1.29, 1.82) is 0 Å². The molecule has 1 fully saturated rings. The van der Waals surface area contributed by atoms with E-state index in [9.17, 15) is 0 Å². The van der Waals surface area contributed by atoms with Crippen molar-refractivity contribution >= 4 is 23.4 Å². The Morgan fingerprint density at radius 2 is 2.04 bits per heavy atom. The zero-order valence-electron chi connectivity index (χ0n) is 15.7. The maximum absolute atomic E-state index is 5.98. The molecule has 0 radical (unpaired) electrons. The van der Waals surface area contributed by atoms with E-state index in [-0.39, 0.29) is 0 Å². The average Bonchev–Trinajstić information content (AvgIpc) is 2.70. The van der Waals surface area contributed by atoms with Gasteiger partial charge in [0.1, 0.15) is 10.9 Å². The molecule has 5 heteroatoms. The van der Waals surface area contributed by atoms with Crippen LogP contribution in [0.1, 0.15) is 19.8 Å². The van der Waals surface area contributed by atoms with E-state index in [4.69, 9.17) is 21.1 Å². The van der Waals surface area contributed by atoms with Gasteiger partial charge in [-0.05, 0) is 65.2 Å². The van der Waals surface area contributed by atoms with Gasteiger partial charge in [0.2, 0.25) is 0 Å². The number of nitrogens with zero attached hydrogens (tertiary/aromatic N) is 1. The molecule has 1 aromatic heterocycles. The second-order valence-electron chi connectivity index (χ2n) is 6.66. The fraction of sp³-hybridized carbons (Fsp3) is 0.409. The van der Waals surface area contributed by atoms with Gasteiger partial charge in [0.25, 0.3) is 0 Å². The highest BCUT2D eigenvalue weighted by molar-refractivity contribution is 8.03. The predicted molar refractivity (Wildman–Crippen MR) is 114 cm³/mol. The van der Waals surface area contributed by atoms with Crippen LogP contribution in [0.25, 0.3) is 11.1 Å². The van der Waals surface area contributed by atoms with E-state index in [0.717, 1.165) is 48.7 Å². The van der Waals surface area contributed by atoms with Crippen LogP contribution in [0.3, 0.4) is 0 Å². The fourth-order valence-electron chi connectivity index (χ4n) is 3.42. The van der Waals surface area contributed by atoms with Gasteiger partial charge in [-0.3, -0.25) is 0 Å². The van der Waals surface area contributed by atoms with E-state index in [1.807, 2.05) is 42.1 Å². The Kier molecular flexibility index (Phi) is 7.62. The van der Waals surface area contributed by atoms with Crippen LogP contribution in [0.2, 0.25) is 5.15 Å². The van der Waals surface area contributed by atoms with Gasteiger partial charge in [-0.15, -0.1) is 11.8 Å². The summed E-state index contributed by atoms with van der Waals surface area (Å²) in [5.74, 6) is 2.99. The van der Waals surface area contributed by atoms with Crippen LogP contribution >= 0.6 is 23.4 Å². The van der Waals surface area contributed by atoms with Crippen LogP contribution in [0, 0.1) is 11.8 Å². The van der Waals surface area contributed by atoms with Crippen LogP contribution in [0.4, 0.5) is 0 Å². The van der Waals surface area contributed by atoms with Crippen molar-refractivity contribution in [2.75, 3.05) is 25.6 Å². The molecule has 2 aromatic rings. The monoisotopic (exact) mass is 403 g/mol. The number of aromatic nitrogens is 1. The molecule has 1 aromatic carbocycles. The largest absolute Gasteiger partial charge is 0.494 e. The summed E-state index contributed by atoms with van der Waals surface area (Å²) in [5, 5.41) is 0.503. The lowest BCUT2D eigenvalue weighted by Gasteiger charge is -2.32. The lowest BCUT2D eigenvalue weighted by atomic mass is 9.86. The second kappa shape index (κ2) is 10.2. The van der Waals surface area contributed by atoms with Gasteiger partial charge in [0, 0.05) is 18.4 Å². The zero-order valence-corrected chi connectivity index (χ0v) is 17.3. The number of thioether (sulfide) groups is 1. The Balaban J connectivity index is 1.52. The van der Waals surface area contributed by atoms with Gasteiger partial charge >= 0.3 is 0 Å². The van der Waals surface area contributed by atoms with E-state index >= 15 is 0 Å². The number of pyridine rings is 1. The first-order valence-electron chi connectivity index (χ1n) is 9.41. The Labute approximate surface area is 171 Å². The molecule has 3 nitrogen and oxygen atoms in total. The number of allylic oxidation sites excluding steroid dienone is 1. The molecule has 3 rings (SSSR count). The minimum absolute atomic E-state index is 0.490. The summed E-state index contributed by atoms with van der Waals surface area (Å²) in [7, 11) is 0. The molecule has 0 amide bonds. The first-order chi connectivity index (χ1) is 13.2. The number of benzene rings is 1. The highest BCUT2D eigenvalue weighted by Crippen LogP contribution is 2.35. The highest BCUT2D eigenvalue weighted by atomic mass is 35.5. The summed E-state index contributed by atoms with van der Waals surface area (Å²) < 4.78 is 11.7. The van der Waals surface area contributed by atoms with Crippen LogP contribution < -0.4 is 4.74 Å². The lowest BCUT2D eigenvalue weighted by Crippen LogP contribution is -2.29. The van der Waals surface area contributed by atoms with Crippen LogP contribution in [-0.2, 0) is 4.74 Å². The third kappa shape index (κ3) is 5.74. The minimum Gasteiger partial charge on any atom is -0.494 e. The summed E-state index contributed by atoms with van der Waals surface area (Å²) in [5.41, 5.74) is 2.14. The molecular formula is C22H26ClNO2S. The molecule has 2 atom stereocenters. The zero-order chi connectivity index (χ0) is 19.1. The molecular weight excluding hydrogens is 378 g/mol. The summed E-state index contributed by atoms with van der Waals surface area (Å²) >= 11 is 7.71. The van der Waals surface area contributed by atoms with Crippen LogP contribution in [-0.4, -0.2) is 30.6 Å². The van der Waals surface area contributed by atoms with Crippen molar-refractivity contribution in [3.8, 4) is 16.9 Å². The quantitative estimate of drug-likeness (QED) is 0.499. The van der Waals surface area contributed by atoms with E-state index in [1.165, 1.54) is 4.91 Å². The van der Waals surface area contributed by atoms with Gasteiger partial charge in [0.05, 0.1) is 13.2 Å². The predicted octanol–water partition coefficient (Wildman–Crippen LogP) is 6.09. The van der Waals surface area contributed by atoms with Gasteiger partial charge in [0.15, 0.2) is 0 Å². The molecule has 1 saturated heterocycles. The van der Waals surface area contributed by atoms with Crippen LogP contribution in [0.5, 0.6) is 5.75 Å². The molecule has 1 aliphatic rings. The van der Waals surface area contributed by atoms with E-state index in [0.29, 0.717) is 23.6 Å². The fourth-order valence-corrected chi connectivity index (χ4v) is 4.42. The Morgan fingerprint density at radius 1 is 1.26 bits per heavy atom. The normalized spacial score (nSPS) is 19.6. The van der Waals surface area contributed by atoms with Crippen molar-refractivity contribution in [3.63, 3.8) is 0 Å². The molecule has 0 aliphatic carbocycles. The molecule has 2 unspecified atom stereocenters. The van der Waals surface area contributed by atoms with Crippen molar-refractivity contribution in [2.45, 2.75) is 19.8 Å². The molecule has 0 saturated carbocycles. The van der Waals surface area contributed by atoms with E-state index < -0.39 is 0 Å². The standard InChI is InChI=1S/C22H26ClNO2S/c1-3-27-16(2)21-11-12-25-15-19(21)10-13-26-20-7-4-17(5-8-20)18-6-9-22(23)24-14-18/h4-9,14,19,21H,2-3,10-13,15H2,1H3. The summed E-state index contributed by atoms with van der Waals surface area (Å²) in [6.45, 7) is 8.80. The number of rotatable bonds is 8. The first-order valence-corrected chi connectivity index (χ1v) is 10.8. The van der Waals surface area contributed by atoms with Gasteiger partial charge in [-0.25, -0.2) is 4.98 Å². The number of ether oxygens (including phenoxy) is 2. The maximum atomic E-state index is 5.98. The summed E-state index contributed by atoms with van der Waals surface area (Å²) in [4.78, 5) is 5.43. The molecule has 0 spiro atoms. The van der Waals surface area contributed by atoms with Crippen molar-refractivity contribution in [2.24, 2.45) is 11.8 Å². The van der Waals surface area contributed by atoms with Gasteiger partial charge in [-0.1, -0.05) is 37.2 Å². The molecule has 2 heterocycles. The first kappa shape index (κ1) is 20.2. The maximum Gasteiger partial charge on any atom is 0.129 e. The van der Waals surface area contributed by atoms with Crippen LogP contribution in [0.15, 0.2) is 54.1 Å². The van der Waals surface area contributed by atoms with Crippen molar-refractivity contribution < 1.29 is 9.47 Å². The summed E-state index contributed by atoms with van der Waals surface area (Å²) in [6, 6.07) is 11.9. The number of halogens is 1. The molecule has 144 valence electrons. The Morgan fingerprint density at radius 3 is 2.74 bits per heavy atom. The SMILES string of the molecule is C=C(SCC)C1CCOCC1CCOc1ccc(-c2ccc(Cl)nc2)cc1. The lowest BCUT2D eigenvalue weighted by molar-refractivity contribution is 0.0218. The third-order valence-corrected chi connectivity index (χ3v) is 6.08. The van der Waals surface area contributed by atoms with Crippen molar-refractivity contribution in [3.05, 3.63) is 59.2 Å². The minimum atomic E-state index is 0.490. The average molecular weight is 404 g/mol. The Bertz CT molecular complexity index is 733. The van der Waals surface area contributed by atoms with Gasteiger partial charge in [-0.2, -0.15) is 0 Å². The molecule has 1 aliphatic heterocycles. The Hall–Kier alpha value is -1.49. The molecule has 27 heavy (non-hydrogen) atoms. The number of hydrogen-bond donors (Lipinski definition) is 0. The highest BCUT2D eigenvalue weighted by Gasteiger charge is 2.27. The topological polar surface area (TPSA) is 31.4 Å². The summed E-state index contributed by atoms with van der Waals surface area (Å²) in [6.07, 6.45) is 3.83. The van der Waals surface area contributed by atoms with Gasteiger partial charge < -0.3 is 9.47 Å². The second-order valence-corrected chi connectivity index (χ2v) is 8.44. The van der Waals surface area contributed by atoms with E-state index in [2.05, 4.69) is 18.5 Å². The molecule has 0 bridgehead atoms. The number of hydrogen-bond acceptors (Lipinski definition) is 4. The van der Waals surface area contributed by atoms with E-state index in [1.54, 1.807) is 12.3 Å². The van der Waals surface area contributed by atoms with Crippen molar-refractivity contribution in [1.82, 2.24) is 4.98 Å². The molecule has 0 N–H and O–H groups in total.